The highest BCUT2D eigenvalue weighted by atomic mass is 79.9. The van der Waals surface area contributed by atoms with Crippen molar-refractivity contribution in [3.05, 3.63) is 34.1 Å². The topological polar surface area (TPSA) is 9.23 Å². The monoisotopic (exact) mass is 232 g/mol. The zero-order valence-electron chi connectivity index (χ0n) is 6.97. The van der Waals surface area contributed by atoms with E-state index in [0.29, 0.717) is 5.56 Å². The first-order valence-electron chi connectivity index (χ1n) is 3.63. The molecule has 1 nitrogen and oxygen atoms in total. The van der Waals surface area contributed by atoms with Gasteiger partial charge in [-0.05, 0) is 19.1 Å². The van der Waals surface area contributed by atoms with Crippen molar-refractivity contribution in [3.63, 3.8) is 0 Å². The molecule has 0 aliphatic heterocycles. The van der Waals surface area contributed by atoms with Gasteiger partial charge in [0.2, 0.25) is 0 Å². The summed E-state index contributed by atoms with van der Waals surface area (Å²) in [6.07, 6.45) is -0.222. The number of methoxy groups -OCH3 is 1. The van der Waals surface area contributed by atoms with Crippen LogP contribution in [0.2, 0.25) is 0 Å². The maximum Gasteiger partial charge on any atom is 0.130 e. The van der Waals surface area contributed by atoms with Gasteiger partial charge in [-0.25, -0.2) is 4.39 Å². The van der Waals surface area contributed by atoms with Gasteiger partial charge in [-0.3, -0.25) is 0 Å². The lowest BCUT2D eigenvalue weighted by Gasteiger charge is -2.12. The van der Waals surface area contributed by atoms with Crippen molar-refractivity contribution in [2.75, 3.05) is 7.11 Å². The molecule has 66 valence electrons. The lowest BCUT2D eigenvalue weighted by Crippen LogP contribution is -2.00. The van der Waals surface area contributed by atoms with Crippen LogP contribution in [0.25, 0.3) is 0 Å². The van der Waals surface area contributed by atoms with Crippen molar-refractivity contribution in [2.45, 2.75) is 13.0 Å². The van der Waals surface area contributed by atoms with E-state index in [-0.39, 0.29) is 11.9 Å². The molecule has 1 atom stereocenters. The molecule has 0 aromatic heterocycles. The lowest BCUT2D eigenvalue weighted by molar-refractivity contribution is 0.115. The third-order valence-corrected chi connectivity index (χ3v) is 2.45. The summed E-state index contributed by atoms with van der Waals surface area (Å²) in [5.41, 5.74) is 0.569. The van der Waals surface area contributed by atoms with Gasteiger partial charge in [0.1, 0.15) is 5.82 Å². The van der Waals surface area contributed by atoms with Crippen LogP contribution in [0.5, 0.6) is 0 Å². The van der Waals surface area contributed by atoms with Gasteiger partial charge in [0.05, 0.1) is 6.10 Å². The number of hydrogen-bond acceptors (Lipinski definition) is 1. The van der Waals surface area contributed by atoms with Gasteiger partial charge in [0.15, 0.2) is 0 Å². The molecule has 0 N–H and O–H groups in total. The van der Waals surface area contributed by atoms with Crippen LogP contribution >= 0.6 is 15.9 Å². The number of halogens is 2. The minimum Gasteiger partial charge on any atom is -0.377 e. The van der Waals surface area contributed by atoms with E-state index < -0.39 is 0 Å². The van der Waals surface area contributed by atoms with Crippen LogP contribution in [0.15, 0.2) is 22.7 Å². The highest BCUT2D eigenvalue weighted by Crippen LogP contribution is 2.27. The quantitative estimate of drug-likeness (QED) is 0.761. The van der Waals surface area contributed by atoms with Crippen molar-refractivity contribution in [2.24, 2.45) is 0 Å². The van der Waals surface area contributed by atoms with Gasteiger partial charge in [-0.2, -0.15) is 0 Å². The fourth-order valence-corrected chi connectivity index (χ4v) is 1.68. The Hall–Kier alpha value is -0.410. The summed E-state index contributed by atoms with van der Waals surface area (Å²) in [4.78, 5) is 0. The van der Waals surface area contributed by atoms with E-state index in [1.807, 2.05) is 6.92 Å². The van der Waals surface area contributed by atoms with Gasteiger partial charge < -0.3 is 4.74 Å². The molecular weight excluding hydrogens is 223 g/mol. The Morgan fingerprint density at radius 2 is 2.17 bits per heavy atom. The third-order valence-electron chi connectivity index (χ3n) is 1.76. The molecule has 1 unspecified atom stereocenters. The predicted molar refractivity (Wildman–Crippen MR) is 49.5 cm³/mol. The molecule has 0 saturated heterocycles. The molecule has 0 radical (unpaired) electrons. The molecule has 1 aromatic rings. The largest absolute Gasteiger partial charge is 0.377 e. The van der Waals surface area contributed by atoms with Crippen LogP contribution in [-0.2, 0) is 4.74 Å². The zero-order chi connectivity index (χ0) is 9.14. The summed E-state index contributed by atoms with van der Waals surface area (Å²) in [5.74, 6) is -0.237. The van der Waals surface area contributed by atoms with E-state index in [1.54, 1.807) is 19.2 Å². The Morgan fingerprint density at radius 1 is 1.50 bits per heavy atom. The second-order valence-electron chi connectivity index (χ2n) is 2.51. The summed E-state index contributed by atoms with van der Waals surface area (Å²) in [5, 5.41) is 0. The smallest absolute Gasteiger partial charge is 0.130 e. The molecule has 3 heteroatoms. The molecule has 0 amide bonds. The summed E-state index contributed by atoms with van der Waals surface area (Å²) in [7, 11) is 1.56. The van der Waals surface area contributed by atoms with E-state index in [0.717, 1.165) is 4.47 Å². The van der Waals surface area contributed by atoms with Crippen molar-refractivity contribution in [1.29, 1.82) is 0 Å². The van der Waals surface area contributed by atoms with Crippen LogP contribution in [0.4, 0.5) is 4.39 Å². The number of ether oxygens (including phenoxy) is 1. The Morgan fingerprint density at radius 3 is 2.67 bits per heavy atom. The molecule has 0 aliphatic carbocycles. The van der Waals surface area contributed by atoms with Gasteiger partial charge in [0.25, 0.3) is 0 Å². The number of hydrogen-bond donors (Lipinski definition) is 0. The summed E-state index contributed by atoms with van der Waals surface area (Å²) in [6, 6.07) is 4.88. The summed E-state index contributed by atoms with van der Waals surface area (Å²) in [6.45, 7) is 1.81. The molecule has 0 heterocycles. The first-order valence-corrected chi connectivity index (χ1v) is 4.42. The Balaban J connectivity index is 3.12. The number of benzene rings is 1. The van der Waals surface area contributed by atoms with E-state index >= 15 is 0 Å². The molecule has 0 bridgehead atoms. The van der Waals surface area contributed by atoms with Gasteiger partial charge in [-0.15, -0.1) is 0 Å². The molecular formula is C9H10BrFO. The molecule has 1 aromatic carbocycles. The van der Waals surface area contributed by atoms with Crippen molar-refractivity contribution in [3.8, 4) is 0 Å². The standard InChI is InChI=1S/C9H10BrFO/c1-6(12-2)9-7(10)4-3-5-8(9)11/h3-6H,1-2H3. The van der Waals surface area contributed by atoms with Crippen molar-refractivity contribution >= 4 is 15.9 Å². The van der Waals surface area contributed by atoms with Crippen LogP contribution in [-0.4, -0.2) is 7.11 Å². The molecule has 0 spiro atoms. The van der Waals surface area contributed by atoms with Gasteiger partial charge in [0, 0.05) is 17.1 Å². The Bertz CT molecular complexity index is 255. The average molecular weight is 233 g/mol. The Kier molecular flexibility index (Phi) is 3.23. The van der Waals surface area contributed by atoms with Gasteiger partial charge in [-0.1, -0.05) is 22.0 Å². The van der Waals surface area contributed by atoms with E-state index in [1.165, 1.54) is 6.07 Å². The first kappa shape index (κ1) is 9.68. The summed E-state index contributed by atoms with van der Waals surface area (Å²) < 4.78 is 19.0. The molecule has 0 fully saturated rings. The molecule has 0 aliphatic rings. The van der Waals surface area contributed by atoms with Crippen molar-refractivity contribution in [1.82, 2.24) is 0 Å². The lowest BCUT2D eigenvalue weighted by atomic mass is 10.1. The molecule has 12 heavy (non-hydrogen) atoms. The van der Waals surface area contributed by atoms with Crippen LogP contribution in [0.1, 0.15) is 18.6 Å². The molecule has 0 saturated carbocycles. The second-order valence-corrected chi connectivity index (χ2v) is 3.37. The fourth-order valence-electron chi connectivity index (χ4n) is 1.02. The minimum absolute atomic E-state index is 0.222. The second kappa shape index (κ2) is 4.01. The minimum atomic E-state index is -0.237. The maximum atomic E-state index is 13.2. The third kappa shape index (κ3) is 1.84. The molecule has 1 rings (SSSR count). The highest BCUT2D eigenvalue weighted by Gasteiger charge is 2.12. The summed E-state index contributed by atoms with van der Waals surface area (Å²) >= 11 is 3.27. The van der Waals surface area contributed by atoms with Crippen molar-refractivity contribution < 1.29 is 9.13 Å². The van der Waals surface area contributed by atoms with Gasteiger partial charge >= 0.3 is 0 Å². The maximum absolute atomic E-state index is 13.2. The van der Waals surface area contributed by atoms with E-state index in [9.17, 15) is 4.39 Å². The number of rotatable bonds is 2. The predicted octanol–water partition coefficient (Wildman–Crippen LogP) is 3.30. The van der Waals surface area contributed by atoms with E-state index in [4.69, 9.17) is 4.74 Å². The van der Waals surface area contributed by atoms with Crippen LogP contribution in [0, 0.1) is 5.82 Å². The normalized spacial score (nSPS) is 13.0. The van der Waals surface area contributed by atoms with E-state index in [2.05, 4.69) is 15.9 Å². The Labute approximate surface area is 79.7 Å². The first-order chi connectivity index (χ1) is 5.66. The fraction of sp³-hybridized carbons (Fsp3) is 0.333. The average Bonchev–Trinajstić information content (AvgIpc) is 2.03. The van der Waals surface area contributed by atoms with Crippen LogP contribution < -0.4 is 0 Å². The SMILES string of the molecule is COC(C)c1c(F)cccc1Br. The van der Waals surface area contributed by atoms with Crippen LogP contribution in [0.3, 0.4) is 0 Å². The highest BCUT2D eigenvalue weighted by molar-refractivity contribution is 9.10. The zero-order valence-corrected chi connectivity index (χ0v) is 8.56.